The molecule has 0 spiro atoms. The quantitative estimate of drug-likeness (QED) is 0.770. The van der Waals surface area contributed by atoms with Gasteiger partial charge in [0.25, 0.3) is 5.91 Å². The van der Waals surface area contributed by atoms with Gasteiger partial charge in [-0.25, -0.2) is 9.97 Å². The van der Waals surface area contributed by atoms with E-state index in [0.29, 0.717) is 28.7 Å². The molecule has 118 valence electrons. The first-order chi connectivity index (χ1) is 11.1. The Hall–Kier alpha value is -2.18. The van der Waals surface area contributed by atoms with Crippen LogP contribution in [-0.4, -0.2) is 27.0 Å². The number of amides is 1. The number of nitrogens with zero attached hydrogens (tertiary/aromatic N) is 3. The lowest BCUT2D eigenvalue weighted by atomic mass is 10.2. The lowest BCUT2D eigenvalue weighted by Gasteiger charge is -2.04. The van der Waals surface area contributed by atoms with Crippen molar-refractivity contribution in [1.29, 1.82) is 0 Å². The number of thiazole rings is 1. The molecule has 0 aliphatic carbocycles. The highest BCUT2D eigenvalue weighted by molar-refractivity contribution is 7.17. The molecule has 0 saturated heterocycles. The number of halogens is 1. The van der Waals surface area contributed by atoms with Crippen molar-refractivity contribution in [3.05, 3.63) is 58.6 Å². The molecule has 0 unspecified atom stereocenters. The van der Waals surface area contributed by atoms with Gasteiger partial charge in [0.2, 0.25) is 0 Å². The van der Waals surface area contributed by atoms with Crippen LogP contribution in [0.25, 0.3) is 10.6 Å². The normalized spacial score (nSPS) is 10.7. The second-order valence-corrected chi connectivity index (χ2v) is 6.38. The van der Waals surface area contributed by atoms with Crippen LogP contribution in [0, 0.1) is 6.92 Å². The maximum atomic E-state index is 12.3. The van der Waals surface area contributed by atoms with E-state index >= 15 is 0 Å². The van der Waals surface area contributed by atoms with Crippen LogP contribution in [0.1, 0.15) is 15.4 Å². The molecule has 1 N–H and O–H groups in total. The first-order valence-corrected chi connectivity index (χ1v) is 8.31. The summed E-state index contributed by atoms with van der Waals surface area (Å²) in [7, 11) is 0. The lowest BCUT2D eigenvalue weighted by molar-refractivity contribution is 0.0955. The van der Waals surface area contributed by atoms with Crippen molar-refractivity contribution in [2.24, 2.45) is 0 Å². The molecule has 1 aromatic carbocycles. The van der Waals surface area contributed by atoms with Gasteiger partial charge in [0.05, 0.1) is 17.0 Å². The molecular formula is C16H15ClN4OS. The average Bonchev–Trinajstić information content (AvgIpc) is 3.17. The van der Waals surface area contributed by atoms with Crippen molar-refractivity contribution < 1.29 is 4.79 Å². The smallest absolute Gasteiger partial charge is 0.263 e. The van der Waals surface area contributed by atoms with Crippen molar-refractivity contribution in [3.63, 3.8) is 0 Å². The fourth-order valence-corrected chi connectivity index (χ4v) is 3.46. The monoisotopic (exact) mass is 346 g/mol. The Bertz CT molecular complexity index is 813. The number of carbonyl (C=O) groups is 1. The number of aromatic nitrogens is 3. The molecule has 0 radical (unpaired) electrons. The molecular weight excluding hydrogens is 332 g/mol. The van der Waals surface area contributed by atoms with E-state index in [1.165, 1.54) is 11.3 Å². The highest BCUT2D eigenvalue weighted by atomic mass is 35.5. The van der Waals surface area contributed by atoms with Gasteiger partial charge >= 0.3 is 0 Å². The predicted octanol–water partition coefficient (Wildman–Crippen LogP) is 3.40. The SMILES string of the molecule is Cc1nc(-c2ccccc2Cl)sc1C(=O)NCCn1ccnc1. The fourth-order valence-electron chi connectivity index (χ4n) is 2.15. The zero-order chi connectivity index (χ0) is 16.2. The summed E-state index contributed by atoms with van der Waals surface area (Å²) < 4.78 is 1.91. The molecule has 3 aromatic rings. The minimum absolute atomic E-state index is 0.113. The second-order valence-electron chi connectivity index (χ2n) is 4.97. The van der Waals surface area contributed by atoms with Crippen LogP contribution in [0.3, 0.4) is 0 Å². The number of nitrogens with one attached hydrogen (secondary N) is 1. The van der Waals surface area contributed by atoms with E-state index in [-0.39, 0.29) is 5.91 Å². The Morgan fingerprint density at radius 3 is 2.96 bits per heavy atom. The van der Waals surface area contributed by atoms with E-state index in [9.17, 15) is 4.79 Å². The molecule has 2 heterocycles. The number of imidazole rings is 1. The average molecular weight is 347 g/mol. The highest BCUT2D eigenvalue weighted by Crippen LogP contribution is 2.32. The molecule has 23 heavy (non-hydrogen) atoms. The zero-order valence-electron chi connectivity index (χ0n) is 12.5. The summed E-state index contributed by atoms with van der Waals surface area (Å²) in [6, 6.07) is 7.50. The van der Waals surface area contributed by atoms with Gasteiger partial charge in [-0.1, -0.05) is 29.8 Å². The van der Waals surface area contributed by atoms with Crippen LogP contribution in [0.5, 0.6) is 0 Å². The summed E-state index contributed by atoms with van der Waals surface area (Å²) in [5.74, 6) is -0.113. The summed E-state index contributed by atoms with van der Waals surface area (Å²) in [5, 5.41) is 4.30. The van der Waals surface area contributed by atoms with Gasteiger partial charge in [-0.15, -0.1) is 11.3 Å². The Labute approximate surface area is 143 Å². The Kier molecular flexibility index (Phi) is 4.73. The van der Waals surface area contributed by atoms with Gasteiger partial charge in [-0.3, -0.25) is 4.79 Å². The maximum absolute atomic E-state index is 12.3. The van der Waals surface area contributed by atoms with Gasteiger partial charge in [0, 0.05) is 31.0 Å². The minimum Gasteiger partial charge on any atom is -0.349 e. The summed E-state index contributed by atoms with van der Waals surface area (Å²) in [6.07, 6.45) is 5.30. The summed E-state index contributed by atoms with van der Waals surface area (Å²) >= 11 is 7.55. The minimum atomic E-state index is -0.113. The molecule has 7 heteroatoms. The Morgan fingerprint density at radius 1 is 1.39 bits per heavy atom. The van der Waals surface area contributed by atoms with Crippen molar-refractivity contribution >= 4 is 28.8 Å². The number of benzene rings is 1. The number of rotatable bonds is 5. The molecule has 0 saturated carbocycles. The van der Waals surface area contributed by atoms with Gasteiger partial charge in [0.1, 0.15) is 9.88 Å². The van der Waals surface area contributed by atoms with Crippen LogP contribution >= 0.6 is 22.9 Å². The molecule has 0 bridgehead atoms. The molecule has 5 nitrogen and oxygen atoms in total. The maximum Gasteiger partial charge on any atom is 0.263 e. The largest absolute Gasteiger partial charge is 0.349 e. The van der Waals surface area contributed by atoms with E-state index in [2.05, 4.69) is 15.3 Å². The molecule has 0 fully saturated rings. The van der Waals surface area contributed by atoms with E-state index < -0.39 is 0 Å². The van der Waals surface area contributed by atoms with Crippen molar-refractivity contribution in [1.82, 2.24) is 19.9 Å². The van der Waals surface area contributed by atoms with Crippen LogP contribution in [0.15, 0.2) is 43.0 Å². The number of hydrogen-bond donors (Lipinski definition) is 1. The topological polar surface area (TPSA) is 59.8 Å². The highest BCUT2D eigenvalue weighted by Gasteiger charge is 2.17. The van der Waals surface area contributed by atoms with Crippen molar-refractivity contribution in [3.8, 4) is 10.6 Å². The van der Waals surface area contributed by atoms with E-state index in [1.807, 2.05) is 42.0 Å². The molecule has 3 rings (SSSR count). The van der Waals surface area contributed by atoms with Crippen molar-refractivity contribution in [2.45, 2.75) is 13.5 Å². The van der Waals surface area contributed by atoms with E-state index in [0.717, 1.165) is 10.6 Å². The predicted molar refractivity (Wildman–Crippen MR) is 91.9 cm³/mol. The first kappa shape index (κ1) is 15.7. The third-order valence-electron chi connectivity index (χ3n) is 3.32. The van der Waals surface area contributed by atoms with Gasteiger partial charge in [-0.2, -0.15) is 0 Å². The molecule has 0 aliphatic heterocycles. The molecule has 1 amide bonds. The third-order valence-corrected chi connectivity index (χ3v) is 4.84. The van der Waals surface area contributed by atoms with E-state index in [4.69, 9.17) is 11.6 Å². The van der Waals surface area contributed by atoms with Crippen molar-refractivity contribution in [2.75, 3.05) is 6.54 Å². The van der Waals surface area contributed by atoms with Crippen LogP contribution in [0.2, 0.25) is 5.02 Å². The van der Waals surface area contributed by atoms with Gasteiger partial charge in [-0.05, 0) is 13.0 Å². The molecule has 2 aromatic heterocycles. The third kappa shape index (κ3) is 3.60. The van der Waals surface area contributed by atoms with Gasteiger partial charge < -0.3 is 9.88 Å². The van der Waals surface area contributed by atoms with Crippen LogP contribution in [0.4, 0.5) is 0 Å². The van der Waals surface area contributed by atoms with Crippen LogP contribution in [-0.2, 0) is 6.54 Å². The number of hydrogen-bond acceptors (Lipinski definition) is 4. The number of aryl methyl sites for hydroxylation is 1. The lowest BCUT2D eigenvalue weighted by Crippen LogP contribution is -2.26. The summed E-state index contributed by atoms with van der Waals surface area (Å²) in [6.45, 7) is 3.05. The van der Waals surface area contributed by atoms with E-state index in [1.54, 1.807) is 12.5 Å². The molecule has 0 aliphatic rings. The number of carbonyl (C=O) groups excluding carboxylic acids is 1. The van der Waals surface area contributed by atoms with Crippen LogP contribution < -0.4 is 5.32 Å². The zero-order valence-corrected chi connectivity index (χ0v) is 14.1. The Morgan fingerprint density at radius 2 is 2.22 bits per heavy atom. The second kappa shape index (κ2) is 6.93. The summed E-state index contributed by atoms with van der Waals surface area (Å²) in [5.41, 5.74) is 1.56. The first-order valence-electron chi connectivity index (χ1n) is 7.11. The van der Waals surface area contributed by atoms with Gasteiger partial charge in [0.15, 0.2) is 0 Å². The summed E-state index contributed by atoms with van der Waals surface area (Å²) in [4.78, 5) is 21.4. The molecule has 0 atom stereocenters. The Balaban J connectivity index is 1.70. The fraction of sp³-hybridized carbons (Fsp3) is 0.188. The standard InChI is InChI=1S/C16H15ClN4OS/c1-11-14(15(22)19-7-9-21-8-6-18-10-21)23-16(20-11)12-4-2-3-5-13(12)17/h2-6,8,10H,7,9H2,1H3,(H,19,22).